The van der Waals surface area contributed by atoms with Crippen LogP contribution in [0.1, 0.15) is 44.8 Å². The van der Waals surface area contributed by atoms with E-state index in [2.05, 4.69) is 17.6 Å². The van der Waals surface area contributed by atoms with E-state index >= 15 is 0 Å². The first-order valence-electron chi connectivity index (χ1n) is 9.44. The Bertz CT molecular complexity index is 495. The Labute approximate surface area is 145 Å². The molecule has 24 heavy (non-hydrogen) atoms. The molecule has 0 bridgehead atoms. The minimum atomic E-state index is 0.545. The number of hydrogen-bond donors (Lipinski definition) is 2. The molecule has 1 aromatic heterocycles. The fourth-order valence-corrected chi connectivity index (χ4v) is 3.62. The lowest BCUT2D eigenvalue weighted by molar-refractivity contribution is 0.187. The average molecular weight is 333 g/mol. The lowest BCUT2D eigenvalue weighted by atomic mass is 9.87. The highest BCUT2D eigenvalue weighted by molar-refractivity contribution is 5.80. The Kier molecular flexibility index (Phi) is 6.58. The number of aliphatic imine (C=N–C) groups is 1. The Morgan fingerprint density at radius 2 is 2.29 bits per heavy atom. The van der Waals surface area contributed by atoms with Crippen LogP contribution in [0.5, 0.6) is 0 Å². The van der Waals surface area contributed by atoms with Crippen LogP contribution in [-0.2, 0) is 11.2 Å². The highest BCUT2D eigenvalue weighted by Gasteiger charge is 2.20. The number of furan rings is 1. The maximum absolute atomic E-state index is 5.46. The van der Waals surface area contributed by atoms with Crippen molar-refractivity contribution in [3.63, 3.8) is 0 Å². The van der Waals surface area contributed by atoms with E-state index < -0.39 is 0 Å². The molecule has 1 aliphatic carbocycles. The van der Waals surface area contributed by atoms with Crippen molar-refractivity contribution in [1.82, 2.24) is 10.6 Å². The van der Waals surface area contributed by atoms with Gasteiger partial charge in [0, 0.05) is 38.1 Å². The Hall–Kier alpha value is -1.49. The number of rotatable bonds is 6. The van der Waals surface area contributed by atoms with Crippen LogP contribution in [0.3, 0.4) is 0 Å². The molecule has 3 atom stereocenters. The lowest BCUT2D eigenvalue weighted by Gasteiger charge is -2.29. The summed E-state index contributed by atoms with van der Waals surface area (Å²) in [4.78, 5) is 4.83. The largest absolute Gasteiger partial charge is 0.469 e. The SMILES string of the molecule is CC1CCCC(NC(=NCC2CCOC2)NCCc2ccco2)C1. The number of ether oxygens (including phenoxy) is 1. The highest BCUT2D eigenvalue weighted by Crippen LogP contribution is 2.23. The predicted molar refractivity (Wildman–Crippen MR) is 96.2 cm³/mol. The molecule has 3 rings (SSSR count). The van der Waals surface area contributed by atoms with Crippen molar-refractivity contribution in [3.8, 4) is 0 Å². The molecular formula is C19H31N3O2. The van der Waals surface area contributed by atoms with Gasteiger partial charge in [0.25, 0.3) is 0 Å². The van der Waals surface area contributed by atoms with Crippen LogP contribution in [0.25, 0.3) is 0 Å². The smallest absolute Gasteiger partial charge is 0.191 e. The van der Waals surface area contributed by atoms with Gasteiger partial charge in [0.1, 0.15) is 5.76 Å². The van der Waals surface area contributed by atoms with Gasteiger partial charge in [0.05, 0.1) is 12.9 Å². The van der Waals surface area contributed by atoms with E-state index in [9.17, 15) is 0 Å². The van der Waals surface area contributed by atoms with E-state index in [1.54, 1.807) is 6.26 Å². The molecule has 5 heteroatoms. The van der Waals surface area contributed by atoms with E-state index in [1.807, 2.05) is 12.1 Å². The Morgan fingerprint density at radius 3 is 3.04 bits per heavy atom. The molecule has 0 amide bonds. The standard InChI is InChI=1S/C19H31N3O2/c1-15-4-2-5-17(12-15)22-19(21-13-16-8-11-23-14-16)20-9-7-18-6-3-10-24-18/h3,6,10,15-17H,2,4-5,7-9,11-14H2,1H3,(H2,20,21,22). The van der Waals surface area contributed by atoms with Gasteiger partial charge >= 0.3 is 0 Å². The van der Waals surface area contributed by atoms with Crippen molar-refractivity contribution in [2.24, 2.45) is 16.8 Å². The van der Waals surface area contributed by atoms with Gasteiger partial charge in [0.2, 0.25) is 0 Å². The monoisotopic (exact) mass is 333 g/mol. The summed E-state index contributed by atoms with van der Waals surface area (Å²) < 4.78 is 10.9. The first-order valence-corrected chi connectivity index (χ1v) is 9.44. The summed E-state index contributed by atoms with van der Waals surface area (Å²) >= 11 is 0. The van der Waals surface area contributed by atoms with Crippen molar-refractivity contribution >= 4 is 5.96 Å². The van der Waals surface area contributed by atoms with Crippen molar-refractivity contribution < 1.29 is 9.15 Å². The van der Waals surface area contributed by atoms with E-state index in [-0.39, 0.29) is 0 Å². The number of nitrogens with zero attached hydrogens (tertiary/aromatic N) is 1. The zero-order valence-electron chi connectivity index (χ0n) is 14.8. The topological polar surface area (TPSA) is 58.8 Å². The zero-order chi connectivity index (χ0) is 16.6. The first kappa shape index (κ1) is 17.3. The fraction of sp³-hybridized carbons (Fsp3) is 0.737. The van der Waals surface area contributed by atoms with Crippen LogP contribution in [0.4, 0.5) is 0 Å². The van der Waals surface area contributed by atoms with E-state index in [0.29, 0.717) is 12.0 Å². The Morgan fingerprint density at radius 1 is 1.33 bits per heavy atom. The molecule has 0 radical (unpaired) electrons. The summed E-state index contributed by atoms with van der Waals surface area (Å²) in [5.74, 6) is 3.34. The van der Waals surface area contributed by atoms with Gasteiger partial charge in [-0.25, -0.2) is 0 Å². The van der Waals surface area contributed by atoms with Crippen molar-refractivity contribution in [1.29, 1.82) is 0 Å². The summed E-state index contributed by atoms with van der Waals surface area (Å²) in [5.41, 5.74) is 0. The lowest BCUT2D eigenvalue weighted by Crippen LogP contribution is -2.46. The van der Waals surface area contributed by atoms with Gasteiger partial charge in [-0.15, -0.1) is 0 Å². The van der Waals surface area contributed by atoms with E-state index in [0.717, 1.165) is 56.8 Å². The second-order valence-corrected chi connectivity index (χ2v) is 7.29. The minimum Gasteiger partial charge on any atom is -0.469 e. The molecule has 1 aliphatic heterocycles. The van der Waals surface area contributed by atoms with Crippen LogP contribution in [0, 0.1) is 11.8 Å². The summed E-state index contributed by atoms with van der Waals surface area (Å²) in [6.07, 6.45) is 8.89. The van der Waals surface area contributed by atoms with Crippen molar-refractivity contribution in [3.05, 3.63) is 24.2 Å². The summed E-state index contributed by atoms with van der Waals surface area (Å²) in [7, 11) is 0. The van der Waals surface area contributed by atoms with Gasteiger partial charge in [-0.1, -0.05) is 19.8 Å². The molecule has 1 aromatic rings. The molecule has 2 fully saturated rings. The third-order valence-electron chi connectivity index (χ3n) is 5.05. The van der Waals surface area contributed by atoms with Crippen molar-refractivity contribution in [2.45, 2.75) is 51.5 Å². The molecule has 2 N–H and O–H groups in total. The fourth-order valence-electron chi connectivity index (χ4n) is 3.62. The molecule has 5 nitrogen and oxygen atoms in total. The van der Waals surface area contributed by atoms with Crippen LogP contribution in [0.15, 0.2) is 27.8 Å². The van der Waals surface area contributed by atoms with E-state index in [4.69, 9.17) is 14.1 Å². The van der Waals surface area contributed by atoms with Gasteiger partial charge in [-0.3, -0.25) is 4.99 Å². The summed E-state index contributed by atoms with van der Waals surface area (Å²) in [5, 5.41) is 7.14. The van der Waals surface area contributed by atoms with E-state index in [1.165, 1.54) is 25.7 Å². The van der Waals surface area contributed by atoms with Crippen molar-refractivity contribution in [2.75, 3.05) is 26.3 Å². The molecular weight excluding hydrogens is 302 g/mol. The highest BCUT2D eigenvalue weighted by atomic mass is 16.5. The summed E-state index contributed by atoms with van der Waals surface area (Å²) in [6, 6.07) is 4.50. The van der Waals surface area contributed by atoms with Crippen LogP contribution in [0.2, 0.25) is 0 Å². The maximum Gasteiger partial charge on any atom is 0.191 e. The maximum atomic E-state index is 5.46. The first-order chi connectivity index (χ1) is 11.8. The molecule has 2 aliphatic rings. The van der Waals surface area contributed by atoms with Crippen LogP contribution >= 0.6 is 0 Å². The number of guanidine groups is 1. The normalized spacial score (nSPS) is 28.0. The molecule has 1 saturated heterocycles. The van der Waals surface area contributed by atoms with Gasteiger partial charge in [-0.2, -0.15) is 0 Å². The second kappa shape index (κ2) is 9.11. The van der Waals surface area contributed by atoms with Gasteiger partial charge in [0.15, 0.2) is 5.96 Å². The molecule has 1 saturated carbocycles. The molecule has 0 aromatic carbocycles. The van der Waals surface area contributed by atoms with Crippen LogP contribution in [-0.4, -0.2) is 38.3 Å². The third kappa shape index (κ3) is 5.55. The summed E-state index contributed by atoms with van der Waals surface area (Å²) in [6.45, 7) is 5.77. The van der Waals surface area contributed by atoms with Crippen LogP contribution < -0.4 is 10.6 Å². The zero-order valence-corrected chi connectivity index (χ0v) is 14.8. The second-order valence-electron chi connectivity index (χ2n) is 7.29. The number of hydrogen-bond acceptors (Lipinski definition) is 3. The predicted octanol–water partition coefficient (Wildman–Crippen LogP) is 2.97. The Balaban J connectivity index is 1.51. The molecule has 134 valence electrons. The number of nitrogens with one attached hydrogen (secondary N) is 2. The minimum absolute atomic E-state index is 0.545. The average Bonchev–Trinajstić information content (AvgIpc) is 3.26. The third-order valence-corrected chi connectivity index (χ3v) is 5.05. The van der Waals surface area contributed by atoms with Gasteiger partial charge in [-0.05, 0) is 37.3 Å². The molecule has 3 unspecified atom stereocenters. The quantitative estimate of drug-likeness (QED) is 0.621. The molecule has 2 heterocycles. The molecule has 0 spiro atoms. The van der Waals surface area contributed by atoms with Gasteiger partial charge < -0.3 is 19.8 Å².